The van der Waals surface area contributed by atoms with Crippen molar-refractivity contribution >= 4 is 34.5 Å². The van der Waals surface area contributed by atoms with Crippen molar-refractivity contribution in [1.29, 1.82) is 0 Å². The van der Waals surface area contributed by atoms with Gasteiger partial charge in [0.05, 0.1) is 22.3 Å². The number of thioether (sulfide) groups is 1. The quantitative estimate of drug-likeness (QED) is 0.533. The molecule has 5 nitrogen and oxygen atoms in total. The molecule has 8 heteroatoms. The van der Waals surface area contributed by atoms with Gasteiger partial charge in [-0.3, -0.25) is 9.59 Å². The summed E-state index contributed by atoms with van der Waals surface area (Å²) in [5.41, 5.74) is 1.57. The molecule has 1 saturated heterocycles. The first-order valence-corrected chi connectivity index (χ1v) is 11.6. The summed E-state index contributed by atoms with van der Waals surface area (Å²) in [5, 5.41) is 0. The number of aromatic nitrogens is 2. The van der Waals surface area contributed by atoms with Gasteiger partial charge >= 0.3 is 0 Å². The Kier molecular flexibility index (Phi) is 6.36. The molecule has 162 valence electrons. The van der Waals surface area contributed by atoms with Gasteiger partial charge in [-0.05, 0) is 49.4 Å². The van der Waals surface area contributed by atoms with Crippen molar-refractivity contribution in [3.8, 4) is 0 Å². The zero-order valence-electron chi connectivity index (χ0n) is 17.2. The first kappa shape index (κ1) is 21.5. The Morgan fingerprint density at radius 1 is 1.13 bits per heavy atom. The Morgan fingerprint density at radius 2 is 1.87 bits per heavy atom. The van der Waals surface area contributed by atoms with Crippen LogP contribution in [0.25, 0.3) is 11.0 Å². The van der Waals surface area contributed by atoms with Gasteiger partial charge in [0.2, 0.25) is 5.91 Å². The highest BCUT2D eigenvalue weighted by Gasteiger charge is 2.30. The summed E-state index contributed by atoms with van der Waals surface area (Å²) < 4.78 is 29.4. The number of Topliss-reactive ketones (excluding diaryl/α,β-unsaturated/α-hetero) is 1. The fourth-order valence-electron chi connectivity index (χ4n) is 4.07. The molecule has 0 unspecified atom stereocenters. The number of benzene rings is 2. The third-order valence-electron chi connectivity index (χ3n) is 5.71. The molecule has 0 atom stereocenters. The number of halogens is 2. The molecule has 0 aliphatic carbocycles. The third-order valence-corrected chi connectivity index (χ3v) is 6.26. The lowest BCUT2D eigenvalue weighted by Crippen LogP contribution is -2.42. The van der Waals surface area contributed by atoms with Gasteiger partial charge in [-0.25, -0.2) is 13.8 Å². The van der Waals surface area contributed by atoms with Crippen LogP contribution in [0, 0.1) is 17.6 Å². The summed E-state index contributed by atoms with van der Waals surface area (Å²) in [6, 6.07) is 10.7. The number of rotatable bonds is 6. The maximum atomic E-state index is 14.0. The zero-order chi connectivity index (χ0) is 22.0. The van der Waals surface area contributed by atoms with E-state index in [0.29, 0.717) is 31.7 Å². The molecule has 4 rings (SSSR count). The second-order valence-corrected chi connectivity index (χ2v) is 8.55. The number of ketones is 1. The second kappa shape index (κ2) is 9.18. The van der Waals surface area contributed by atoms with E-state index in [1.165, 1.54) is 0 Å². The molecular formula is C23H23F2N3O2S. The van der Waals surface area contributed by atoms with E-state index in [2.05, 4.69) is 4.98 Å². The first-order valence-electron chi connectivity index (χ1n) is 10.2. The van der Waals surface area contributed by atoms with Crippen molar-refractivity contribution in [2.75, 3.05) is 19.3 Å². The average molecular weight is 444 g/mol. The van der Waals surface area contributed by atoms with Crippen LogP contribution in [-0.4, -0.2) is 45.5 Å². The molecule has 0 radical (unpaired) electrons. The molecule has 1 aliphatic rings. The van der Waals surface area contributed by atoms with Gasteiger partial charge in [0.25, 0.3) is 0 Å². The van der Waals surface area contributed by atoms with Crippen LogP contribution in [0.1, 0.15) is 29.0 Å². The fraction of sp³-hybridized carbons (Fsp3) is 0.348. The van der Waals surface area contributed by atoms with E-state index in [-0.39, 0.29) is 18.0 Å². The minimum Gasteiger partial charge on any atom is -0.341 e. The minimum atomic E-state index is -0.710. The highest BCUT2D eigenvalue weighted by Crippen LogP contribution is 2.25. The molecule has 1 fully saturated rings. The molecule has 1 aromatic heterocycles. The number of nitrogens with zero attached hydrogens (tertiary/aromatic N) is 3. The molecule has 0 saturated carbocycles. The number of fused-ring (bicyclic) bond motifs is 1. The van der Waals surface area contributed by atoms with Crippen LogP contribution >= 0.6 is 11.8 Å². The molecule has 0 bridgehead atoms. The summed E-state index contributed by atoms with van der Waals surface area (Å²) in [6.07, 6.45) is 2.86. The van der Waals surface area contributed by atoms with Crippen molar-refractivity contribution in [3.05, 3.63) is 65.5 Å². The number of piperidine rings is 1. The second-order valence-electron chi connectivity index (χ2n) is 7.68. The maximum Gasteiger partial charge on any atom is 0.242 e. The standard InChI is InChI=1S/C23H23F2N3O2S/c1-31-14-21-26-19-4-2-3-5-20(19)28(21)13-22(29)27-10-8-15(9-11-27)23(30)17-12-16(24)6-7-18(17)25/h2-7,12,15H,8-11,13-14H2,1H3. The van der Waals surface area contributed by atoms with E-state index in [0.717, 1.165) is 35.1 Å². The van der Waals surface area contributed by atoms with E-state index >= 15 is 0 Å². The molecule has 1 aliphatic heterocycles. The van der Waals surface area contributed by atoms with Crippen molar-refractivity contribution < 1.29 is 18.4 Å². The number of amides is 1. The summed E-state index contributed by atoms with van der Waals surface area (Å²) >= 11 is 1.65. The Labute approximate surface area is 183 Å². The van der Waals surface area contributed by atoms with E-state index in [1.54, 1.807) is 16.7 Å². The van der Waals surface area contributed by atoms with Gasteiger partial charge < -0.3 is 9.47 Å². The predicted octanol–water partition coefficient (Wildman–Crippen LogP) is 4.30. The highest BCUT2D eigenvalue weighted by atomic mass is 32.2. The largest absolute Gasteiger partial charge is 0.341 e. The van der Waals surface area contributed by atoms with Crippen LogP contribution in [0.4, 0.5) is 8.78 Å². The summed E-state index contributed by atoms with van der Waals surface area (Å²) in [7, 11) is 0. The lowest BCUT2D eigenvalue weighted by molar-refractivity contribution is -0.133. The van der Waals surface area contributed by atoms with E-state index in [1.807, 2.05) is 35.1 Å². The Morgan fingerprint density at radius 3 is 2.61 bits per heavy atom. The van der Waals surface area contributed by atoms with Crippen molar-refractivity contribution in [2.45, 2.75) is 25.1 Å². The van der Waals surface area contributed by atoms with Gasteiger partial charge in [0, 0.05) is 19.0 Å². The Hall–Kier alpha value is -2.74. The fourth-order valence-corrected chi connectivity index (χ4v) is 4.55. The zero-order valence-corrected chi connectivity index (χ0v) is 18.0. The van der Waals surface area contributed by atoms with Crippen LogP contribution < -0.4 is 0 Å². The van der Waals surface area contributed by atoms with Crippen LogP contribution in [0.15, 0.2) is 42.5 Å². The summed E-state index contributed by atoms with van der Waals surface area (Å²) in [4.78, 5) is 32.0. The number of hydrogen-bond acceptors (Lipinski definition) is 4. The van der Waals surface area contributed by atoms with E-state index < -0.39 is 23.3 Å². The van der Waals surface area contributed by atoms with E-state index in [9.17, 15) is 18.4 Å². The molecule has 3 aromatic rings. The predicted molar refractivity (Wildman–Crippen MR) is 117 cm³/mol. The van der Waals surface area contributed by atoms with Crippen LogP contribution in [0.5, 0.6) is 0 Å². The molecule has 0 spiro atoms. The number of para-hydroxylation sites is 2. The monoisotopic (exact) mass is 443 g/mol. The number of carbonyl (C=O) groups excluding carboxylic acids is 2. The summed E-state index contributed by atoms with van der Waals surface area (Å²) in [5.74, 6) is -0.628. The topological polar surface area (TPSA) is 55.2 Å². The van der Waals surface area contributed by atoms with Crippen LogP contribution in [-0.2, 0) is 17.1 Å². The Bertz CT molecular complexity index is 1120. The molecule has 0 N–H and O–H groups in total. The van der Waals surface area contributed by atoms with Gasteiger partial charge in [-0.1, -0.05) is 12.1 Å². The lowest BCUT2D eigenvalue weighted by Gasteiger charge is -2.31. The number of imidazole rings is 1. The van der Waals surface area contributed by atoms with E-state index in [4.69, 9.17) is 0 Å². The molecule has 2 heterocycles. The highest BCUT2D eigenvalue weighted by molar-refractivity contribution is 7.97. The van der Waals surface area contributed by atoms with Gasteiger partial charge in [-0.15, -0.1) is 0 Å². The smallest absolute Gasteiger partial charge is 0.242 e. The van der Waals surface area contributed by atoms with Crippen molar-refractivity contribution in [1.82, 2.24) is 14.5 Å². The summed E-state index contributed by atoms with van der Waals surface area (Å²) in [6.45, 7) is 1.01. The third kappa shape index (κ3) is 4.49. The van der Waals surface area contributed by atoms with Gasteiger partial charge in [0.1, 0.15) is 24.0 Å². The lowest BCUT2D eigenvalue weighted by atomic mass is 9.88. The average Bonchev–Trinajstić information content (AvgIpc) is 3.12. The van der Waals surface area contributed by atoms with Gasteiger partial charge in [0.15, 0.2) is 5.78 Å². The molecule has 31 heavy (non-hydrogen) atoms. The molecule has 1 amide bonds. The SMILES string of the molecule is CSCc1nc2ccccc2n1CC(=O)N1CCC(C(=O)c2cc(F)ccc2F)CC1. The molecule has 2 aromatic carbocycles. The maximum absolute atomic E-state index is 14.0. The van der Waals surface area contributed by atoms with Crippen LogP contribution in [0.2, 0.25) is 0 Å². The first-order chi connectivity index (χ1) is 15.0. The van der Waals surface area contributed by atoms with Gasteiger partial charge in [-0.2, -0.15) is 11.8 Å². The molecular weight excluding hydrogens is 420 g/mol. The van der Waals surface area contributed by atoms with Crippen molar-refractivity contribution in [3.63, 3.8) is 0 Å². The Balaban J connectivity index is 1.43. The minimum absolute atomic E-state index is 0.0339. The normalized spacial score (nSPS) is 14.9. The van der Waals surface area contributed by atoms with Crippen molar-refractivity contribution in [2.24, 2.45) is 5.92 Å². The number of carbonyl (C=O) groups is 2. The van der Waals surface area contributed by atoms with Crippen LogP contribution in [0.3, 0.4) is 0 Å². The number of likely N-dealkylation sites (tertiary alicyclic amines) is 1. The number of hydrogen-bond donors (Lipinski definition) is 0.